The maximum Gasteiger partial charge on any atom is 0.324 e. The minimum absolute atomic E-state index is 0.00245. The molecule has 0 unspecified atom stereocenters. The van der Waals surface area contributed by atoms with Crippen LogP contribution in [0.2, 0.25) is 5.02 Å². The number of hydrogen-bond donors (Lipinski definition) is 0. The van der Waals surface area contributed by atoms with Crippen molar-refractivity contribution in [2.75, 3.05) is 13.2 Å². The van der Waals surface area contributed by atoms with Gasteiger partial charge in [-0.25, -0.2) is 0 Å². The Bertz CT molecular complexity index is 752. The lowest BCUT2D eigenvalue weighted by atomic mass is 9.80. The predicted octanol–water partition coefficient (Wildman–Crippen LogP) is 3.84. The standard InChI is InChI=1S/C21H23ClO5/c1-4-26-19(24)21(20(25)27-5-2,14-8-10-16(3)23)15-9-12-17-11-6-7-13-18(17)22/h6-7,9,11-13H,4-5,14-15H2,1-3H3. The quantitative estimate of drug-likeness (QED) is 0.292. The van der Waals surface area contributed by atoms with E-state index in [1.807, 2.05) is 12.1 Å². The van der Waals surface area contributed by atoms with Gasteiger partial charge in [-0.1, -0.05) is 47.9 Å². The normalized spacial score (nSPS) is 10.8. The van der Waals surface area contributed by atoms with Crippen molar-refractivity contribution < 1.29 is 23.9 Å². The van der Waals surface area contributed by atoms with E-state index in [9.17, 15) is 14.4 Å². The van der Waals surface area contributed by atoms with Crippen molar-refractivity contribution in [3.05, 3.63) is 40.9 Å². The van der Waals surface area contributed by atoms with Gasteiger partial charge in [-0.15, -0.1) is 0 Å². The Hall–Kier alpha value is -2.58. The van der Waals surface area contributed by atoms with Gasteiger partial charge in [0.25, 0.3) is 0 Å². The molecule has 0 atom stereocenters. The second-order valence-electron chi connectivity index (χ2n) is 5.69. The van der Waals surface area contributed by atoms with E-state index in [1.165, 1.54) is 6.92 Å². The fourth-order valence-corrected chi connectivity index (χ4v) is 2.52. The molecule has 1 aromatic rings. The van der Waals surface area contributed by atoms with Gasteiger partial charge in [0.05, 0.1) is 13.2 Å². The van der Waals surface area contributed by atoms with Crippen molar-refractivity contribution in [3.63, 3.8) is 0 Å². The molecular formula is C21H23ClO5. The molecule has 0 aliphatic heterocycles. The van der Waals surface area contributed by atoms with Crippen LogP contribution in [0, 0.1) is 17.3 Å². The summed E-state index contributed by atoms with van der Waals surface area (Å²) in [7, 11) is 0. The van der Waals surface area contributed by atoms with Gasteiger partial charge in [0, 0.05) is 18.4 Å². The Balaban J connectivity index is 3.24. The number of esters is 2. The van der Waals surface area contributed by atoms with Crippen molar-refractivity contribution in [3.8, 4) is 11.8 Å². The predicted molar refractivity (Wildman–Crippen MR) is 104 cm³/mol. The van der Waals surface area contributed by atoms with Crippen LogP contribution in [-0.4, -0.2) is 30.9 Å². The first-order chi connectivity index (χ1) is 12.9. The Kier molecular flexibility index (Phi) is 9.32. The van der Waals surface area contributed by atoms with E-state index < -0.39 is 17.4 Å². The molecule has 27 heavy (non-hydrogen) atoms. The molecule has 0 bridgehead atoms. The maximum absolute atomic E-state index is 12.6. The summed E-state index contributed by atoms with van der Waals surface area (Å²) in [4.78, 5) is 36.4. The zero-order valence-electron chi connectivity index (χ0n) is 15.7. The Labute approximate surface area is 164 Å². The zero-order chi connectivity index (χ0) is 20.3. The molecule has 6 heteroatoms. The molecule has 0 aliphatic carbocycles. The van der Waals surface area contributed by atoms with Crippen LogP contribution in [0.25, 0.3) is 6.08 Å². The molecule has 0 radical (unpaired) electrons. The van der Waals surface area contributed by atoms with Crippen molar-refractivity contribution >= 4 is 35.4 Å². The summed E-state index contributed by atoms with van der Waals surface area (Å²) in [5, 5.41) is 0.544. The summed E-state index contributed by atoms with van der Waals surface area (Å²) >= 11 is 6.12. The van der Waals surface area contributed by atoms with Crippen LogP contribution >= 0.6 is 11.6 Å². The largest absolute Gasteiger partial charge is 0.465 e. The van der Waals surface area contributed by atoms with E-state index >= 15 is 0 Å². The highest BCUT2D eigenvalue weighted by Crippen LogP contribution is 2.32. The molecule has 0 spiro atoms. The highest BCUT2D eigenvalue weighted by atomic mass is 35.5. The summed E-state index contributed by atoms with van der Waals surface area (Å²) in [5.74, 6) is 3.14. The minimum atomic E-state index is -1.65. The van der Waals surface area contributed by atoms with Crippen molar-refractivity contribution in [2.45, 2.75) is 33.6 Å². The second kappa shape index (κ2) is 11.2. The van der Waals surface area contributed by atoms with Gasteiger partial charge in [0.1, 0.15) is 0 Å². The van der Waals surface area contributed by atoms with Gasteiger partial charge in [-0.05, 0) is 37.8 Å². The lowest BCUT2D eigenvalue weighted by molar-refractivity contribution is -0.171. The summed E-state index contributed by atoms with van der Waals surface area (Å²) in [6.07, 6.45) is 3.19. The molecule has 0 N–H and O–H groups in total. The molecule has 0 fully saturated rings. The van der Waals surface area contributed by atoms with Crippen molar-refractivity contribution in [1.29, 1.82) is 0 Å². The first-order valence-corrected chi connectivity index (χ1v) is 9.00. The third-order valence-electron chi connectivity index (χ3n) is 3.66. The van der Waals surface area contributed by atoms with E-state index in [0.29, 0.717) is 5.02 Å². The Morgan fingerprint density at radius 3 is 2.22 bits per heavy atom. The maximum atomic E-state index is 12.6. The van der Waals surface area contributed by atoms with Gasteiger partial charge in [0.15, 0.2) is 5.41 Å². The van der Waals surface area contributed by atoms with E-state index in [1.54, 1.807) is 38.1 Å². The van der Waals surface area contributed by atoms with E-state index in [0.717, 1.165) is 5.56 Å². The lowest BCUT2D eigenvalue weighted by Gasteiger charge is -2.26. The summed E-state index contributed by atoms with van der Waals surface area (Å²) in [5.41, 5.74) is -0.901. The molecule has 0 saturated heterocycles. The third kappa shape index (κ3) is 6.58. The first kappa shape index (κ1) is 22.5. The second-order valence-corrected chi connectivity index (χ2v) is 6.09. The molecule has 0 aliphatic rings. The number of allylic oxidation sites excluding steroid dienone is 1. The zero-order valence-corrected chi connectivity index (χ0v) is 16.5. The van der Waals surface area contributed by atoms with Gasteiger partial charge in [0.2, 0.25) is 5.78 Å². The summed E-state index contributed by atoms with van der Waals surface area (Å²) < 4.78 is 10.2. The lowest BCUT2D eigenvalue weighted by Crippen LogP contribution is -2.41. The number of Topliss-reactive ketones (excluding diaryl/α,β-unsaturated/α-hetero) is 1. The van der Waals surface area contributed by atoms with Crippen LogP contribution in [0.4, 0.5) is 0 Å². The van der Waals surface area contributed by atoms with Gasteiger partial charge in [-0.3, -0.25) is 14.4 Å². The smallest absolute Gasteiger partial charge is 0.324 e. The van der Waals surface area contributed by atoms with Crippen LogP contribution in [-0.2, 0) is 23.9 Å². The minimum Gasteiger partial charge on any atom is -0.465 e. The number of rotatable bonds is 8. The monoisotopic (exact) mass is 390 g/mol. The molecule has 144 valence electrons. The molecular weight excluding hydrogens is 368 g/mol. The number of carbonyl (C=O) groups is 3. The van der Waals surface area contributed by atoms with Crippen molar-refractivity contribution in [2.24, 2.45) is 5.41 Å². The van der Waals surface area contributed by atoms with Crippen LogP contribution in [0.15, 0.2) is 30.3 Å². The van der Waals surface area contributed by atoms with Crippen molar-refractivity contribution in [1.82, 2.24) is 0 Å². The summed E-state index contributed by atoms with van der Waals surface area (Å²) in [6.45, 7) is 4.81. The van der Waals surface area contributed by atoms with Crippen LogP contribution in [0.5, 0.6) is 0 Å². The highest BCUT2D eigenvalue weighted by Gasteiger charge is 2.47. The number of ether oxygens (including phenoxy) is 2. The average molecular weight is 391 g/mol. The molecule has 1 aromatic carbocycles. The molecule has 0 saturated carbocycles. The van der Waals surface area contributed by atoms with Gasteiger partial charge >= 0.3 is 11.9 Å². The van der Waals surface area contributed by atoms with Crippen LogP contribution in [0.3, 0.4) is 0 Å². The van der Waals surface area contributed by atoms with Gasteiger partial charge in [-0.2, -0.15) is 0 Å². The number of ketones is 1. The fraction of sp³-hybridized carbons (Fsp3) is 0.381. The van der Waals surface area contributed by atoms with E-state index in [4.69, 9.17) is 21.1 Å². The molecule has 5 nitrogen and oxygen atoms in total. The Morgan fingerprint density at radius 1 is 1.11 bits per heavy atom. The average Bonchev–Trinajstić information content (AvgIpc) is 2.62. The highest BCUT2D eigenvalue weighted by molar-refractivity contribution is 6.32. The van der Waals surface area contributed by atoms with Gasteiger partial charge < -0.3 is 9.47 Å². The Morgan fingerprint density at radius 2 is 1.70 bits per heavy atom. The van der Waals surface area contributed by atoms with E-state index in [-0.39, 0.29) is 31.8 Å². The number of carbonyl (C=O) groups excluding carboxylic acids is 3. The number of hydrogen-bond acceptors (Lipinski definition) is 5. The molecule has 0 amide bonds. The number of benzene rings is 1. The number of halogens is 1. The summed E-state index contributed by atoms with van der Waals surface area (Å²) in [6, 6.07) is 7.18. The fourth-order valence-electron chi connectivity index (χ4n) is 2.32. The van der Waals surface area contributed by atoms with E-state index in [2.05, 4.69) is 11.8 Å². The van der Waals surface area contributed by atoms with Crippen LogP contribution in [0.1, 0.15) is 39.2 Å². The molecule has 1 rings (SSSR count). The van der Waals surface area contributed by atoms with Crippen LogP contribution < -0.4 is 0 Å². The molecule has 0 heterocycles. The third-order valence-corrected chi connectivity index (χ3v) is 4.00. The topological polar surface area (TPSA) is 69.7 Å². The molecule has 0 aromatic heterocycles. The first-order valence-electron chi connectivity index (χ1n) is 8.62. The SMILES string of the molecule is CCOC(=O)C(CC#CC(C)=O)(CC=Cc1ccccc1Cl)C(=O)OCC.